The van der Waals surface area contributed by atoms with Crippen molar-refractivity contribution in [3.8, 4) is 0 Å². The number of carbonyl (C=O) groups is 3. The van der Waals surface area contributed by atoms with E-state index in [-0.39, 0.29) is 27.0 Å². The van der Waals surface area contributed by atoms with Gasteiger partial charge in [-0.3, -0.25) is 19.5 Å². The fraction of sp³-hybridized carbons (Fsp3) is 0.364. The summed E-state index contributed by atoms with van der Waals surface area (Å²) in [4.78, 5) is 48.5. The molecule has 2 aliphatic rings. The van der Waals surface area contributed by atoms with Crippen LogP contribution in [-0.2, 0) is 20.1 Å². The van der Waals surface area contributed by atoms with Crippen molar-refractivity contribution in [2.24, 2.45) is 5.16 Å². The van der Waals surface area contributed by atoms with E-state index in [1.165, 1.54) is 28.9 Å². The zero-order chi connectivity index (χ0) is 27.6. The molecule has 4 rings (SSSR count). The fourth-order valence-corrected chi connectivity index (χ4v) is 7.70. The number of hydrogen-bond acceptors (Lipinski definition) is 13. The number of amides is 2. The molecule has 16 heteroatoms. The van der Waals surface area contributed by atoms with Crippen molar-refractivity contribution in [1.82, 2.24) is 20.2 Å². The molecule has 1 fully saturated rings. The Morgan fingerprint density at radius 1 is 1.45 bits per heavy atom. The molecule has 0 aliphatic carbocycles. The smallest absolute Gasteiger partial charge is 0.276 e. The van der Waals surface area contributed by atoms with Crippen LogP contribution in [0.25, 0.3) is 0 Å². The zero-order valence-electron chi connectivity index (χ0n) is 20.4. The summed E-state index contributed by atoms with van der Waals surface area (Å²) in [5, 5.41) is 28.0. The Labute approximate surface area is 234 Å². The zero-order valence-corrected chi connectivity index (χ0v) is 23.6. The van der Waals surface area contributed by atoms with E-state index >= 15 is 0 Å². The van der Waals surface area contributed by atoms with E-state index in [1.807, 2.05) is 6.07 Å². The first-order chi connectivity index (χ1) is 18.1. The van der Waals surface area contributed by atoms with Gasteiger partial charge in [0.05, 0.1) is 23.0 Å². The van der Waals surface area contributed by atoms with Gasteiger partial charge in [0.25, 0.3) is 11.8 Å². The van der Waals surface area contributed by atoms with Gasteiger partial charge in [0.15, 0.2) is 10.8 Å². The molecule has 2 aromatic heterocycles. The van der Waals surface area contributed by atoms with Crippen LogP contribution < -0.4 is 21.9 Å². The number of carboxylic acid groups (broad SMARTS) is 1. The lowest BCUT2D eigenvalue weighted by Crippen LogP contribution is -2.71. The average molecular weight is 596 g/mol. The van der Waals surface area contributed by atoms with Crippen molar-refractivity contribution in [2.75, 3.05) is 18.0 Å². The van der Waals surface area contributed by atoms with Crippen molar-refractivity contribution >= 4 is 75.2 Å². The van der Waals surface area contributed by atoms with Crippen LogP contribution in [0.2, 0.25) is 0 Å². The molecule has 2 aromatic rings. The van der Waals surface area contributed by atoms with Crippen molar-refractivity contribution in [3.05, 3.63) is 45.7 Å². The lowest BCUT2D eigenvalue weighted by Gasteiger charge is -2.50. The monoisotopic (exact) mass is 595 g/mol. The van der Waals surface area contributed by atoms with Gasteiger partial charge < -0.3 is 31.9 Å². The Morgan fingerprint density at radius 2 is 2.21 bits per heavy atom. The minimum atomic E-state index is -1.48. The highest BCUT2D eigenvalue weighted by atomic mass is 32.2. The van der Waals surface area contributed by atoms with E-state index in [0.717, 1.165) is 33.2 Å². The van der Waals surface area contributed by atoms with Crippen LogP contribution >= 0.6 is 46.6 Å². The van der Waals surface area contributed by atoms with Crippen LogP contribution in [0.4, 0.5) is 5.13 Å². The molecular formula is C22H25N7O5S4. The first-order valence-corrected chi connectivity index (χ1v) is 15.0. The predicted octanol–water partition coefficient (Wildman–Crippen LogP) is -0.294. The number of carboxylic acids is 1. The number of β-lactam (4-membered cyclic amide) rings is 1. The first-order valence-electron chi connectivity index (χ1n) is 11.2. The van der Waals surface area contributed by atoms with Gasteiger partial charge in [-0.05, 0) is 25.5 Å². The standard InChI is InChI=1S/C22H25N7O5S4/c1-22(2,9-23)37-6-10-5-25-4-3-12(10)38-13-8-35-19-15(18(31)29(19)16(13)20(32)33)27-17(30)14(28-34)11-7-36-21(24)26-11/h3-5,7,15,19,34H,6,8-9,23H2,1-2H3,(H2,24,26)(H,27,30)(H,32,33)/b28-14-/t15-,19-/m1/s1. The molecular weight excluding hydrogens is 571 g/mol. The Kier molecular flexibility index (Phi) is 8.56. The summed E-state index contributed by atoms with van der Waals surface area (Å²) in [7, 11) is 0. The van der Waals surface area contributed by atoms with Gasteiger partial charge >= 0.3 is 0 Å². The SMILES string of the molecule is CC(C)(C[NH3+])SCc1cnccc1SC1=C(C(=O)[O-])N2C(=O)[C@@H](NC(=O)/C(=N\O)c3csc(N)n3)[C@H]2SC1. The second-order valence-electron chi connectivity index (χ2n) is 8.82. The third kappa shape index (κ3) is 5.78. The molecule has 2 atom stereocenters. The van der Waals surface area contributed by atoms with Gasteiger partial charge in [0.1, 0.15) is 17.1 Å². The predicted molar refractivity (Wildman–Crippen MR) is 145 cm³/mol. The number of aromatic nitrogens is 2. The Hall–Kier alpha value is -2.79. The molecule has 12 nitrogen and oxygen atoms in total. The fourth-order valence-electron chi connectivity index (χ4n) is 3.58. The number of quaternary nitrogens is 1. The maximum absolute atomic E-state index is 13.0. The second kappa shape index (κ2) is 11.5. The van der Waals surface area contributed by atoms with Crippen LogP contribution in [0.15, 0.2) is 44.5 Å². The summed E-state index contributed by atoms with van der Waals surface area (Å²) in [6, 6.07) is 0.801. The van der Waals surface area contributed by atoms with E-state index in [4.69, 9.17) is 5.73 Å². The van der Waals surface area contributed by atoms with Crippen molar-refractivity contribution in [3.63, 3.8) is 0 Å². The minimum absolute atomic E-state index is 0.0305. The summed E-state index contributed by atoms with van der Waals surface area (Å²) in [5.74, 6) is -1.96. The van der Waals surface area contributed by atoms with Crippen molar-refractivity contribution < 1.29 is 30.4 Å². The number of nitrogens with zero attached hydrogens (tertiary/aromatic N) is 4. The lowest BCUT2D eigenvalue weighted by molar-refractivity contribution is -0.372. The van der Waals surface area contributed by atoms with E-state index in [1.54, 1.807) is 24.2 Å². The number of thiazole rings is 1. The molecule has 0 spiro atoms. The maximum Gasteiger partial charge on any atom is 0.276 e. The number of oxime groups is 1. The molecule has 4 heterocycles. The van der Waals surface area contributed by atoms with E-state index in [0.29, 0.717) is 10.7 Å². The average Bonchev–Trinajstić information content (AvgIpc) is 3.32. The van der Waals surface area contributed by atoms with E-state index in [2.05, 4.69) is 40.0 Å². The van der Waals surface area contributed by atoms with Gasteiger partial charge in [-0.25, -0.2) is 4.98 Å². The van der Waals surface area contributed by atoms with Crippen LogP contribution in [0.5, 0.6) is 0 Å². The lowest BCUT2D eigenvalue weighted by atomic mass is 10.0. The van der Waals surface area contributed by atoms with Gasteiger partial charge in [-0.15, -0.1) is 34.9 Å². The third-order valence-corrected chi connectivity index (χ3v) is 10.6. The minimum Gasteiger partial charge on any atom is -0.543 e. The second-order valence-corrected chi connectivity index (χ2v) is 13.6. The highest BCUT2D eigenvalue weighted by Gasteiger charge is 2.53. The molecule has 202 valence electrons. The number of nitrogens with one attached hydrogen (secondary N) is 1. The Balaban J connectivity index is 1.52. The van der Waals surface area contributed by atoms with E-state index in [9.17, 15) is 24.7 Å². The Bertz CT molecular complexity index is 1330. The highest BCUT2D eigenvalue weighted by molar-refractivity contribution is 8.06. The summed E-state index contributed by atoms with van der Waals surface area (Å²) in [6.45, 7) is 4.96. The maximum atomic E-state index is 13.0. The molecule has 0 unspecified atom stereocenters. The summed E-state index contributed by atoms with van der Waals surface area (Å²) < 4.78 is -0.0305. The number of pyridine rings is 1. The quantitative estimate of drug-likeness (QED) is 0.122. The van der Waals surface area contributed by atoms with Gasteiger partial charge in [-0.1, -0.05) is 16.9 Å². The molecule has 0 aromatic carbocycles. The summed E-state index contributed by atoms with van der Waals surface area (Å²) in [6.07, 6.45) is 3.39. The third-order valence-electron chi connectivity index (χ3n) is 5.81. The number of nitrogens with two attached hydrogens (primary N) is 1. The number of carbonyl (C=O) groups excluding carboxylic acids is 3. The number of thioether (sulfide) groups is 3. The van der Waals surface area contributed by atoms with Crippen LogP contribution in [-0.4, -0.2) is 72.0 Å². The number of hydrogen-bond donors (Lipinski definition) is 4. The molecule has 7 N–H and O–H groups in total. The van der Waals surface area contributed by atoms with Gasteiger partial charge in [-0.2, -0.15) is 0 Å². The van der Waals surface area contributed by atoms with Crippen molar-refractivity contribution in [2.45, 2.75) is 40.7 Å². The van der Waals surface area contributed by atoms with Crippen molar-refractivity contribution in [1.29, 1.82) is 0 Å². The molecule has 38 heavy (non-hydrogen) atoms. The normalized spacial score (nSPS) is 19.7. The van der Waals surface area contributed by atoms with Gasteiger partial charge in [0, 0.05) is 39.1 Å². The molecule has 0 saturated carbocycles. The number of fused-ring (bicyclic) bond motifs is 1. The van der Waals surface area contributed by atoms with Gasteiger partial charge in [0.2, 0.25) is 0 Å². The number of rotatable bonds is 10. The molecule has 1 saturated heterocycles. The first kappa shape index (κ1) is 28.2. The molecule has 2 aliphatic heterocycles. The van der Waals surface area contributed by atoms with Crippen LogP contribution in [0.1, 0.15) is 25.1 Å². The summed E-state index contributed by atoms with van der Waals surface area (Å²) in [5.41, 5.74) is 9.95. The molecule has 0 radical (unpaired) electrons. The highest BCUT2D eigenvalue weighted by Crippen LogP contribution is 2.46. The van der Waals surface area contributed by atoms with Crippen LogP contribution in [0, 0.1) is 0 Å². The number of aliphatic carboxylic acids is 1. The number of anilines is 1. The molecule has 0 bridgehead atoms. The van der Waals surface area contributed by atoms with E-state index < -0.39 is 34.9 Å². The number of nitrogen functional groups attached to an aromatic ring is 1. The van der Waals surface area contributed by atoms with Crippen LogP contribution in [0.3, 0.4) is 0 Å². The Morgan fingerprint density at radius 3 is 2.84 bits per heavy atom. The largest absolute Gasteiger partial charge is 0.543 e. The topological polar surface area (TPSA) is 202 Å². The summed E-state index contributed by atoms with van der Waals surface area (Å²) >= 11 is 5.37. The molecule has 2 amide bonds.